The average molecular weight is 436 g/mol. The lowest BCUT2D eigenvalue weighted by atomic mass is 10.2. The van der Waals surface area contributed by atoms with Crippen molar-refractivity contribution in [3.05, 3.63) is 59.4 Å². The number of rotatable bonds is 10. The van der Waals surface area contributed by atoms with Crippen molar-refractivity contribution >= 4 is 34.3 Å². The molecule has 0 aliphatic carbocycles. The maximum absolute atomic E-state index is 14.7. The van der Waals surface area contributed by atoms with Gasteiger partial charge >= 0.3 is 7.60 Å². The van der Waals surface area contributed by atoms with E-state index in [-0.39, 0.29) is 18.8 Å². The molecule has 29 heavy (non-hydrogen) atoms. The Morgan fingerprint density at radius 2 is 1.79 bits per heavy atom. The highest BCUT2D eigenvalue weighted by Crippen LogP contribution is 2.61. The molecule has 0 aliphatic heterocycles. The van der Waals surface area contributed by atoms with Crippen molar-refractivity contribution in [2.45, 2.75) is 39.4 Å². The minimum atomic E-state index is -3.72. The normalized spacial score (nSPS) is 13.0. The lowest BCUT2D eigenvalue weighted by Crippen LogP contribution is -2.17. The highest BCUT2D eigenvalue weighted by Gasteiger charge is 2.39. The first-order valence-corrected chi connectivity index (χ1v) is 12.2. The molecule has 5 nitrogen and oxygen atoms in total. The number of halogens is 1. The smallest absolute Gasteiger partial charge is 0.344 e. The monoisotopic (exact) mass is 436 g/mol. The molecule has 1 aromatic heterocycles. The van der Waals surface area contributed by atoms with E-state index in [1.54, 1.807) is 18.2 Å². The SMILES string of the molecule is CCCOP(=O)(OCCC)C(Nc1nc2c(C)cccc2s1)c1ccccc1F. The van der Waals surface area contributed by atoms with Gasteiger partial charge in [0.05, 0.1) is 23.4 Å². The van der Waals surface area contributed by atoms with Gasteiger partial charge in [-0.3, -0.25) is 4.57 Å². The standard InChI is InChI=1S/C21H26FN2O3PS/c1-4-13-26-28(25,27-14-5-2)20(16-10-6-7-11-17(16)22)24-21-23-19-15(3)9-8-12-18(19)29-21/h6-12,20H,4-5,13-14H2,1-3H3,(H,23,24). The zero-order valence-corrected chi connectivity index (χ0v) is 18.6. The van der Waals surface area contributed by atoms with Crippen LogP contribution < -0.4 is 5.32 Å². The molecule has 0 aliphatic rings. The van der Waals surface area contributed by atoms with Crippen LogP contribution in [0.4, 0.5) is 9.52 Å². The average Bonchev–Trinajstić information content (AvgIpc) is 3.14. The predicted octanol–water partition coefficient (Wildman–Crippen LogP) is 6.90. The largest absolute Gasteiger partial charge is 0.357 e. The Hall–Kier alpha value is -1.79. The third-order valence-corrected chi connectivity index (χ3v) is 7.42. The van der Waals surface area contributed by atoms with Crippen molar-refractivity contribution in [3.63, 3.8) is 0 Å². The number of thiazole rings is 1. The Balaban J connectivity index is 2.04. The van der Waals surface area contributed by atoms with E-state index >= 15 is 0 Å². The minimum absolute atomic E-state index is 0.235. The molecule has 0 bridgehead atoms. The Labute approximate surface area is 174 Å². The Morgan fingerprint density at radius 1 is 1.10 bits per heavy atom. The molecule has 3 aromatic rings. The molecule has 0 saturated heterocycles. The molecule has 0 saturated carbocycles. The number of hydrogen-bond acceptors (Lipinski definition) is 6. The van der Waals surface area contributed by atoms with E-state index < -0.39 is 19.2 Å². The number of aryl methyl sites for hydroxylation is 1. The summed E-state index contributed by atoms with van der Waals surface area (Å²) < 4.78 is 40.9. The van der Waals surface area contributed by atoms with Crippen LogP contribution in [0.1, 0.15) is 43.6 Å². The third-order valence-electron chi connectivity index (χ3n) is 4.35. The van der Waals surface area contributed by atoms with Gasteiger partial charge in [-0.05, 0) is 37.5 Å². The molecule has 1 heterocycles. The first-order valence-electron chi connectivity index (χ1n) is 9.74. The lowest BCUT2D eigenvalue weighted by molar-refractivity contribution is 0.198. The molecule has 8 heteroatoms. The van der Waals surface area contributed by atoms with Crippen LogP contribution in [0.5, 0.6) is 0 Å². The van der Waals surface area contributed by atoms with Crippen molar-refractivity contribution in [3.8, 4) is 0 Å². The van der Waals surface area contributed by atoms with E-state index in [9.17, 15) is 8.96 Å². The van der Waals surface area contributed by atoms with Gasteiger partial charge in [-0.25, -0.2) is 9.37 Å². The minimum Gasteiger partial charge on any atom is -0.344 e. The van der Waals surface area contributed by atoms with E-state index in [4.69, 9.17) is 9.05 Å². The summed E-state index contributed by atoms with van der Waals surface area (Å²) in [5, 5.41) is 3.71. The van der Waals surface area contributed by atoms with Crippen molar-refractivity contribution in [1.82, 2.24) is 4.98 Å². The number of fused-ring (bicyclic) bond motifs is 1. The van der Waals surface area contributed by atoms with Gasteiger partial charge in [0, 0.05) is 5.56 Å². The number of aromatic nitrogens is 1. The quantitative estimate of drug-likeness (QED) is 0.350. The highest BCUT2D eigenvalue weighted by atomic mass is 32.1. The second-order valence-corrected chi connectivity index (χ2v) is 9.86. The summed E-state index contributed by atoms with van der Waals surface area (Å²) in [6.45, 7) is 6.34. The molecule has 3 rings (SSSR count). The Morgan fingerprint density at radius 3 is 2.41 bits per heavy atom. The van der Waals surface area contributed by atoms with Crippen molar-refractivity contribution in [2.24, 2.45) is 0 Å². The second kappa shape index (κ2) is 9.81. The van der Waals surface area contributed by atoms with Crippen LogP contribution in [0, 0.1) is 12.7 Å². The molecule has 1 unspecified atom stereocenters. The summed E-state index contributed by atoms with van der Waals surface area (Å²) in [6.07, 6.45) is 1.34. The van der Waals surface area contributed by atoms with Crippen LogP contribution in [-0.4, -0.2) is 18.2 Å². The number of nitrogens with one attached hydrogen (secondary N) is 1. The summed E-state index contributed by atoms with van der Waals surface area (Å²) in [7, 11) is -3.72. The predicted molar refractivity (Wildman–Crippen MR) is 117 cm³/mol. The molecule has 156 valence electrons. The lowest BCUT2D eigenvalue weighted by Gasteiger charge is -2.28. The van der Waals surface area contributed by atoms with Crippen LogP contribution >= 0.6 is 18.9 Å². The summed E-state index contributed by atoms with van der Waals surface area (Å²) in [4.78, 5) is 4.63. The molecule has 1 atom stereocenters. The van der Waals surface area contributed by atoms with Gasteiger partial charge in [-0.15, -0.1) is 0 Å². The van der Waals surface area contributed by atoms with E-state index in [1.807, 2.05) is 39.0 Å². The summed E-state index contributed by atoms with van der Waals surface area (Å²) in [5.41, 5.74) is 2.15. The highest BCUT2D eigenvalue weighted by molar-refractivity contribution is 7.54. The van der Waals surface area contributed by atoms with E-state index in [0.717, 1.165) is 15.8 Å². The van der Waals surface area contributed by atoms with Gasteiger partial charge in [0.2, 0.25) is 0 Å². The number of para-hydroxylation sites is 1. The number of benzene rings is 2. The number of anilines is 1. The van der Waals surface area contributed by atoms with E-state index in [0.29, 0.717) is 18.0 Å². The second-order valence-electron chi connectivity index (χ2n) is 6.72. The van der Waals surface area contributed by atoms with E-state index in [1.165, 1.54) is 17.4 Å². The van der Waals surface area contributed by atoms with Crippen molar-refractivity contribution < 1.29 is 18.0 Å². The molecule has 2 aromatic carbocycles. The summed E-state index contributed by atoms with van der Waals surface area (Å²) >= 11 is 1.43. The van der Waals surface area contributed by atoms with Gasteiger partial charge in [-0.1, -0.05) is 55.5 Å². The van der Waals surface area contributed by atoms with Crippen LogP contribution in [-0.2, 0) is 13.6 Å². The number of hydrogen-bond donors (Lipinski definition) is 1. The van der Waals surface area contributed by atoms with Gasteiger partial charge in [0.1, 0.15) is 5.82 Å². The molecule has 1 N–H and O–H groups in total. The topological polar surface area (TPSA) is 60.5 Å². The molecule has 0 amide bonds. The number of nitrogens with zero attached hydrogens (tertiary/aromatic N) is 1. The fourth-order valence-electron chi connectivity index (χ4n) is 2.91. The maximum Gasteiger partial charge on any atom is 0.357 e. The van der Waals surface area contributed by atoms with Crippen LogP contribution in [0.3, 0.4) is 0 Å². The van der Waals surface area contributed by atoms with Crippen molar-refractivity contribution in [1.29, 1.82) is 0 Å². The van der Waals surface area contributed by atoms with Crippen LogP contribution in [0.2, 0.25) is 0 Å². The zero-order chi connectivity index (χ0) is 20.9. The summed E-state index contributed by atoms with van der Waals surface area (Å²) in [5.74, 6) is -1.47. The Kier molecular flexibility index (Phi) is 7.41. The molecular weight excluding hydrogens is 410 g/mol. The first-order chi connectivity index (χ1) is 14.0. The van der Waals surface area contributed by atoms with Gasteiger partial charge in [0.15, 0.2) is 10.9 Å². The van der Waals surface area contributed by atoms with Gasteiger partial charge in [0.25, 0.3) is 0 Å². The van der Waals surface area contributed by atoms with Crippen LogP contribution in [0.25, 0.3) is 10.2 Å². The molecule has 0 fully saturated rings. The molecular formula is C21H26FN2O3PS. The van der Waals surface area contributed by atoms with Gasteiger partial charge in [-0.2, -0.15) is 0 Å². The Bertz CT molecular complexity index is 999. The van der Waals surface area contributed by atoms with Gasteiger partial charge < -0.3 is 14.4 Å². The third kappa shape index (κ3) is 5.04. The van der Waals surface area contributed by atoms with Crippen molar-refractivity contribution in [2.75, 3.05) is 18.5 Å². The molecule has 0 spiro atoms. The fraction of sp³-hybridized carbons (Fsp3) is 0.381. The maximum atomic E-state index is 14.7. The van der Waals surface area contributed by atoms with E-state index in [2.05, 4.69) is 10.3 Å². The fourth-order valence-corrected chi connectivity index (χ4v) is 6.05. The molecule has 0 radical (unpaired) electrons. The zero-order valence-electron chi connectivity index (χ0n) is 16.9. The summed E-state index contributed by atoms with van der Waals surface area (Å²) in [6, 6.07) is 12.2. The van der Waals surface area contributed by atoms with Crippen LogP contribution in [0.15, 0.2) is 42.5 Å². The first kappa shape index (κ1) is 21.9.